The SMILES string of the molecule is C=C(C)C(=O)Oc1ccc(-c2ccc(OC(=O)C(=C)C)cc2)cc1.CC.CO. The van der Waals surface area contributed by atoms with Gasteiger partial charge in [-0.05, 0) is 49.2 Å². The van der Waals surface area contributed by atoms with Gasteiger partial charge >= 0.3 is 11.9 Å². The maximum Gasteiger partial charge on any atom is 0.338 e. The van der Waals surface area contributed by atoms with E-state index in [0.29, 0.717) is 22.6 Å². The molecule has 0 radical (unpaired) electrons. The van der Waals surface area contributed by atoms with Gasteiger partial charge in [0, 0.05) is 18.3 Å². The lowest BCUT2D eigenvalue weighted by Gasteiger charge is -2.07. The van der Waals surface area contributed by atoms with Crippen LogP contribution in [0.5, 0.6) is 11.5 Å². The Balaban J connectivity index is 0.00000171. The van der Waals surface area contributed by atoms with Crippen LogP contribution in [0, 0.1) is 0 Å². The lowest BCUT2D eigenvalue weighted by Crippen LogP contribution is -2.08. The Hall–Kier alpha value is -3.18. The predicted octanol–water partition coefficient (Wildman–Crippen LogP) is 4.95. The maximum absolute atomic E-state index is 11.5. The van der Waals surface area contributed by atoms with Crippen molar-refractivity contribution in [1.29, 1.82) is 0 Å². The van der Waals surface area contributed by atoms with Crippen molar-refractivity contribution in [3.05, 3.63) is 72.8 Å². The lowest BCUT2D eigenvalue weighted by molar-refractivity contribution is -0.130. The Bertz CT molecular complexity index is 717. The van der Waals surface area contributed by atoms with E-state index in [4.69, 9.17) is 14.6 Å². The molecule has 0 aliphatic carbocycles. The van der Waals surface area contributed by atoms with Crippen LogP contribution < -0.4 is 9.47 Å². The fourth-order valence-electron chi connectivity index (χ4n) is 1.82. The van der Waals surface area contributed by atoms with Gasteiger partial charge in [0.25, 0.3) is 0 Å². The zero-order valence-electron chi connectivity index (χ0n) is 17.1. The summed E-state index contributed by atoms with van der Waals surface area (Å²) in [6.45, 7) is 14.3. The minimum Gasteiger partial charge on any atom is -0.423 e. The van der Waals surface area contributed by atoms with E-state index in [-0.39, 0.29) is 0 Å². The van der Waals surface area contributed by atoms with Crippen LogP contribution in [0.1, 0.15) is 27.7 Å². The molecule has 5 nitrogen and oxygen atoms in total. The number of hydrogen-bond acceptors (Lipinski definition) is 5. The van der Waals surface area contributed by atoms with E-state index in [2.05, 4.69) is 13.2 Å². The number of carbonyl (C=O) groups is 2. The van der Waals surface area contributed by atoms with Crippen molar-refractivity contribution >= 4 is 11.9 Å². The van der Waals surface area contributed by atoms with Crippen molar-refractivity contribution in [2.45, 2.75) is 27.7 Å². The standard InChI is InChI=1S/C20H18O4.C2H6.CH4O/c1-13(2)19(21)23-17-9-5-15(6-10-17)16-7-11-18(12-8-16)24-20(22)14(3)4;2*1-2/h5-12H,1,3H2,2,4H3;1-2H3;2H,1H3. The largest absolute Gasteiger partial charge is 0.423 e. The summed E-state index contributed by atoms with van der Waals surface area (Å²) in [7, 11) is 1.00. The average molecular weight is 384 g/mol. The van der Waals surface area contributed by atoms with E-state index in [1.165, 1.54) is 0 Å². The molecule has 0 heterocycles. The Labute approximate surface area is 166 Å². The summed E-state index contributed by atoms with van der Waals surface area (Å²) < 4.78 is 10.3. The number of aliphatic hydroxyl groups excluding tert-OH is 1. The molecule has 0 amide bonds. The van der Waals surface area contributed by atoms with E-state index >= 15 is 0 Å². The van der Waals surface area contributed by atoms with Crippen molar-refractivity contribution in [1.82, 2.24) is 0 Å². The number of rotatable bonds is 5. The number of benzene rings is 2. The van der Waals surface area contributed by atoms with E-state index in [0.717, 1.165) is 18.2 Å². The van der Waals surface area contributed by atoms with Gasteiger partial charge in [0.1, 0.15) is 11.5 Å². The molecule has 2 aromatic rings. The van der Waals surface area contributed by atoms with Crippen LogP contribution in [0.25, 0.3) is 11.1 Å². The predicted molar refractivity (Wildman–Crippen MR) is 112 cm³/mol. The van der Waals surface area contributed by atoms with Crippen LogP contribution in [-0.2, 0) is 9.59 Å². The fraction of sp³-hybridized carbons (Fsp3) is 0.217. The average Bonchev–Trinajstić information content (AvgIpc) is 2.72. The summed E-state index contributed by atoms with van der Waals surface area (Å²) in [5.41, 5.74) is 2.59. The third-order valence-electron chi connectivity index (χ3n) is 3.16. The van der Waals surface area contributed by atoms with Gasteiger partial charge in [-0.1, -0.05) is 51.3 Å². The zero-order chi connectivity index (χ0) is 21.7. The third kappa shape index (κ3) is 8.01. The van der Waals surface area contributed by atoms with Crippen LogP contribution in [-0.4, -0.2) is 24.2 Å². The van der Waals surface area contributed by atoms with Crippen LogP contribution in [0.4, 0.5) is 0 Å². The molecule has 150 valence electrons. The van der Waals surface area contributed by atoms with Gasteiger partial charge < -0.3 is 14.6 Å². The van der Waals surface area contributed by atoms with Gasteiger partial charge in [0.2, 0.25) is 0 Å². The Morgan fingerprint density at radius 1 is 0.679 bits per heavy atom. The van der Waals surface area contributed by atoms with Crippen LogP contribution in [0.15, 0.2) is 72.8 Å². The van der Waals surface area contributed by atoms with Crippen molar-refractivity contribution < 1.29 is 24.2 Å². The first-order chi connectivity index (χ1) is 13.4. The molecule has 0 unspecified atom stereocenters. The summed E-state index contributed by atoms with van der Waals surface area (Å²) in [6, 6.07) is 14.2. The number of carbonyl (C=O) groups excluding carboxylic acids is 2. The van der Waals surface area contributed by atoms with E-state index in [1.54, 1.807) is 38.1 Å². The summed E-state index contributed by atoms with van der Waals surface area (Å²) in [5.74, 6) is 0.00961. The summed E-state index contributed by atoms with van der Waals surface area (Å²) in [4.78, 5) is 22.9. The first-order valence-corrected chi connectivity index (χ1v) is 8.77. The monoisotopic (exact) mass is 384 g/mol. The highest BCUT2D eigenvalue weighted by molar-refractivity contribution is 5.89. The molecule has 0 aromatic heterocycles. The van der Waals surface area contributed by atoms with Gasteiger partial charge in [-0.15, -0.1) is 0 Å². The van der Waals surface area contributed by atoms with Crippen molar-refractivity contribution in [2.24, 2.45) is 0 Å². The minimum absolute atomic E-state index is 0.346. The molecule has 28 heavy (non-hydrogen) atoms. The molecule has 0 bridgehead atoms. The smallest absolute Gasteiger partial charge is 0.338 e. The molecular weight excluding hydrogens is 356 g/mol. The third-order valence-corrected chi connectivity index (χ3v) is 3.16. The number of aliphatic hydroxyl groups is 1. The van der Waals surface area contributed by atoms with Gasteiger partial charge in [-0.2, -0.15) is 0 Å². The normalized spacial score (nSPS) is 8.93. The summed E-state index contributed by atoms with van der Waals surface area (Å²) in [5, 5.41) is 7.00. The second-order valence-corrected chi connectivity index (χ2v) is 5.39. The first-order valence-electron chi connectivity index (χ1n) is 8.77. The molecule has 5 heteroatoms. The summed E-state index contributed by atoms with van der Waals surface area (Å²) >= 11 is 0. The molecule has 0 aliphatic heterocycles. The topological polar surface area (TPSA) is 72.8 Å². The highest BCUT2D eigenvalue weighted by Crippen LogP contribution is 2.25. The van der Waals surface area contributed by atoms with Crippen LogP contribution >= 0.6 is 0 Å². The van der Waals surface area contributed by atoms with E-state index < -0.39 is 11.9 Å². The summed E-state index contributed by atoms with van der Waals surface area (Å²) in [6.07, 6.45) is 0. The molecule has 2 rings (SSSR count). The molecule has 0 aliphatic rings. The second kappa shape index (κ2) is 13.1. The fourth-order valence-corrected chi connectivity index (χ4v) is 1.82. The van der Waals surface area contributed by atoms with Gasteiger partial charge in [-0.3, -0.25) is 0 Å². The highest BCUT2D eigenvalue weighted by atomic mass is 16.5. The van der Waals surface area contributed by atoms with Crippen LogP contribution in [0.3, 0.4) is 0 Å². The second-order valence-electron chi connectivity index (χ2n) is 5.39. The van der Waals surface area contributed by atoms with Gasteiger partial charge in [0.05, 0.1) is 0 Å². The first kappa shape index (κ1) is 24.8. The molecule has 0 spiro atoms. The Morgan fingerprint density at radius 2 is 0.929 bits per heavy atom. The Kier molecular flexibility index (Phi) is 11.6. The zero-order valence-corrected chi connectivity index (χ0v) is 17.1. The van der Waals surface area contributed by atoms with Crippen molar-refractivity contribution in [3.8, 4) is 22.6 Å². The van der Waals surface area contributed by atoms with Crippen molar-refractivity contribution in [3.63, 3.8) is 0 Å². The van der Waals surface area contributed by atoms with E-state index in [1.807, 2.05) is 38.1 Å². The lowest BCUT2D eigenvalue weighted by atomic mass is 10.1. The minimum atomic E-state index is -0.452. The number of esters is 2. The van der Waals surface area contributed by atoms with Crippen LogP contribution in [0.2, 0.25) is 0 Å². The molecule has 0 saturated carbocycles. The Morgan fingerprint density at radius 3 is 1.14 bits per heavy atom. The number of hydrogen-bond donors (Lipinski definition) is 1. The quantitative estimate of drug-likeness (QED) is 0.448. The van der Waals surface area contributed by atoms with Crippen molar-refractivity contribution in [2.75, 3.05) is 7.11 Å². The molecule has 2 aromatic carbocycles. The molecule has 1 N–H and O–H groups in total. The van der Waals surface area contributed by atoms with E-state index in [9.17, 15) is 9.59 Å². The molecule has 0 atom stereocenters. The highest BCUT2D eigenvalue weighted by Gasteiger charge is 2.07. The number of ether oxygens (including phenoxy) is 2. The maximum atomic E-state index is 11.5. The van der Waals surface area contributed by atoms with Gasteiger partial charge in [-0.25, -0.2) is 9.59 Å². The molecule has 0 fully saturated rings. The molecule has 0 saturated heterocycles. The molecular formula is C23H28O5. The van der Waals surface area contributed by atoms with Gasteiger partial charge in [0.15, 0.2) is 0 Å².